The molecule has 13 nitrogen and oxygen atoms in total. The maximum Gasteiger partial charge on any atom is 0.522 e. The number of carbonyl (C=O) groups is 4. The second kappa shape index (κ2) is 20.2. The molecule has 3 amide bonds. The van der Waals surface area contributed by atoms with E-state index in [1.165, 1.54) is 43.7 Å². The molecule has 382 valence electrons. The van der Waals surface area contributed by atoms with Gasteiger partial charge in [-0.2, -0.15) is 0 Å². The Kier molecular flexibility index (Phi) is 14.5. The topological polar surface area (TPSA) is 147 Å². The van der Waals surface area contributed by atoms with Crippen molar-refractivity contribution in [2.75, 3.05) is 20.2 Å². The lowest BCUT2D eigenvalue weighted by molar-refractivity contribution is -0.354. The number of nitrogens with zero attached hydrogens (tertiary/aromatic N) is 3. The fraction of sp³-hybridized carbons (Fsp3) is 0.538. The van der Waals surface area contributed by atoms with Crippen molar-refractivity contribution in [3.05, 3.63) is 101 Å². The molecular formula is C52H62F4N5O8PS. The summed E-state index contributed by atoms with van der Waals surface area (Å²) < 4.78 is 86.9. The number of fused-ring (bicyclic) bond motifs is 2. The first-order valence-electron chi connectivity index (χ1n) is 24.7. The van der Waals surface area contributed by atoms with Gasteiger partial charge in [-0.3, -0.25) is 28.5 Å². The standard InChI is InChI=1S/C52H62F4N5O8PS/c1-5-24-67-49(65)50(2,3)58-70(66,69-39-14-10-7-11-15-39)45(53)33-16-21-43-34(25-33)26-44(71-43)46(62)57-41-19-17-36(59(4)38-28-40(29-38)68-52(54,55)56)27-37-18-20-42(61(37)47(41)63)48(64)60-31-35(30-51(60)22-23-51)32-12-8-6-9-13-32/h6-16,21,25-26,35-38,40-42,45H,5,17-20,22-24,27-31H2,1-4H3,(H,57,62)(H,58,66)/t35-,36+,37-,38?,40?,41+,42+,45-,70?/m1/s1. The zero-order chi connectivity index (χ0) is 50.5. The lowest BCUT2D eigenvalue weighted by Gasteiger charge is -2.47. The summed E-state index contributed by atoms with van der Waals surface area (Å²) in [5.74, 6) is -3.70. The molecule has 3 aliphatic heterocycles. The number of ether oxygens (including phenoxy) is 2. The van der Waals surface area contributed by atoms with Crippen molar-refractivity contribution in [3.8, 4) is 5.75 Å². The quantitative estimate of drug-likeness (QED) is 0.0632. The third-order valence-corrected chi connectivity index (χ3v) is 18.5. The lowest BCUT2D eigenvalue weighted by atomic mass is 9.85. The molecule has 19 heteroatoms. The smallest absolute Gasteiger partial charge is 0.464 e. The van der Waals surface area contributed by atoms with Crippen LogP contribution in [0.3, 0.4) is 0 Å². The Morgan fingerprint density at radius 2 is 1.63 bits per heavy atom. The van der Waals surface area contributed by atoms with Crippen LogP contribution >= 0.6 is 18.9 Å². The fourth-order valence-electron chi connectivity index (χ4n) is 11.2. The SMILES string of the molecule is CCCOC(=O)C(C)(C)NP(=O)(Oc1ccccc1)[C@@H](F)c1ccc2sc(C(=O)N[C@H]3CC[C@H](N(C)C4CC(OC(F)(F)F)C4)C[C@H]4CC[C@@H](C(=O)N5C[C@H](c6ccccc6)CC56CC6)N4C3=O)cc2c1. The number of benzene rings is 3. The Labute approximate surface area is 415 Å². The van der Waals surface area contributed by atoms with Gasteiger partial charge in [0.2, 0.25) is 17.7 Å². The van der Waals surface area contributed by atoms with Crippen LogP contribution in [0.1, 0.15) is 124 Å². The van der Waals surface area contributed by atoms with Crippen LogP contribution in [0.5, 0.6) is 5.75 Å². The van der Waals surface area contributed by atoms with E-state index in [1.807, 2.05) is 37.1 Å². The Morgan fingerprint density at radius 1 is 0.930 bits per heavy atom. The van der Waals surface area contributed by atoms with Crippen LogP contribution in [0.15, 0.2) is 84.9 Å². The van der Waals surface area contributed by atoms with E-state index in [2.05, 4.69) is 32.2 Å². The number of carbonyl (C=O) groups excluding carboxylic acids is 4. The molecule has 7 atom stereocenters. The second-order valence-corrected chi connectivity index (χ2v) is 23.7. The maximum atomic E-state index is 16.9. The summed E-state index contributed by atoms with van der Waals surface area (Å²) in [6.45, 7) is 5.37. The number of halogens is 4. The summed E-state index contributed by atoms with van der Waals surface area (Å²) in [5.41, 5.74) is -0.716. The average Bonchev–Trinajstić information content (AvgIpc) is 3.59. The van der Waals surface area contributed by atoms with Crippen LogP contribution in [0.2, 0.25) is 0 Å². The van der Waals surface area contributed by atoms with E-state index in [-0.39, 0.29) is 83.5 Å². The third-order valence-electron chi connectivity index (χ3n) is 15.2. The number of nitrogens with one attached hydrogen (secondary N) is 2. The van der Waals surface area contributed by atoms with Crippen molar-refractivity contribution in [1.29, 1.82) is 0 Å². The van der Waals surface area contributed by atoms with Gasteiger partial charge in [-0.25, -0.2) is 9.48 Å². The van der Waals surface area contributed by atoms with Gasteiger partial charge in [-0.15, -0.1) is 24.5 Å². The van der Waals surface area contributed by atoms with E-state index in [9.17, 15) is 36.9 Å². The van der Waals surface area contributed by atoms with Crippen LogP contribution in [0, 0.1) is 0 Å². The van der Waals surface area contributed by atoms with Gasteiger partial charge >= 0.3 is 19.9 Å². The molecule has 4 aromatic rings. The average molecular weight is 1020 g/mol. The van der Waals surface area contributed by atoms with Crippen molar-refractivity contribution >= 4 is 52.6 Å². The van der Waals surface area contributed by atoms with E-state index in [0.29, 0.717) is 48.7 Å². The van der Waals surface area contributed by atoms with Gasteiger partial charge in [0, 0.05) is 40.8 Å². The molecule has 3 aromatic carbocycles. The molecule has 0 bridgehead atoms. The van der Waals surface area contributed by atoms with Gasteiger partial charge in [-0.1, -0.05) is 61.5 Å². The van der Waals surface area contributed by atoms with E-state index in [4.69, 9.17) is 9.26 Å². The molecule has 2 N–H and O–H groups in total. The summed E-state index contributed by atoms with van der Waals surface area (Å²) in [5, 5.41) is 6.12. The first-order valence-corrected chi connectivity index (χ1v) is 27.2. The predicted molar refractivity (Wildman–Crippen MR) is 261 cm³/mol. The molecule has 0 radical (unpaired) electrons. The molecule has 1 unspecified atom stereocenters. The second-order valence-electron chi connectivity index (χ2n) is 20.6. The molecule has 71 heavy (non-hydrogen) atoms. The van der Waals surface area contributed by atoms with Crippen molar-refractivity contribution in [3.63, 3.8) is 0 Å². The minimum atomic E-state index is -4.73. The first-order chi connectivity index (χ1) is 33.8. The van der Waals surface area contributed by atoms with Crippen molar-refractivity contribution in [2.24, 2.45) is 0 Å². The van der Waals surface area contributed by atoms with Gasteiger partial charge in [0.1, 0.15) is 23.4 Å². The summed E-state index contributed by atoms with van der Waals surface area (Å²) in [6, 6.07) is 21.9. The van der Waals surface area contributed by atoms with Crippen LogP contribution in [0.4, 0.5) is 17.6 Å². The number of alkyl halides is 4. The van der Waals surface area contributed by atoms with Gasteiger partial charge in [-0.05, 0) is 138 Å². The van der Waals surface area contributed by atoms with Crippen LogP contribution in [-0.2, 0) is 28.4 Å². The highest BCUT2D eigenvalue weighted by Gasteiger charge is 2.59. The van der Waals surface area contributed by atoms with Crippen molar-refractivity contribution in [1.82, 2.24) is 25.1 Å². The molecule has 1 aromatic heterocycles. The molecule has 2 saturated carbocycles. The van der Waals surface area contributed by atoms with Crippen LogP contribution in [-0.4, -0.2) is 112 Å². The number of thiophene rings is 1. The highest BCUT2D eigenvalue weighted by Crippen LogP contribution is 2.59. The molecular weight excluding hydrogens is 962 g/mol. The van der Waals surface area contributed by atoms with Crippen molar-refractivity contribution in [2.45, 2.75) is 157 Å². The zero-order valence-electron chi connectivity index (χ0n) is 40.4. The molecule has 3 saturated heterocycles. The van der Waals surface area contributed by atoms with E-state index < -0.39 is 55.4 Å². The summed E-state index contributed by atoms with van der Waals surface area (Å²) in [4.78, 5) is 63.3. The highest BCUT2D eigenvalue weighted by atomic mass is 32.1. The van der Waals surface area contributed by atoms with Gasteiger partial charge in [0.15, 0.2) is 0 Å². The van der Waals surface area contributed by atoms with Gasteiger partial charge < -0.3 is 29.3 Å². The van der Waals surface area contributed by atoms with Crippen LogP contribution in [0.25, 0.3) is 10.1 Å². The van der Waals surface area contributed by atoms with Gasteiger partial charge in [0.05, 0.1) is 17.6 Å². The molecule has 1 spiro atoms. The minimum Gasteiger partial charge on any atom is -0.464 e. The zero-order valence-corrected chi connectivity index (χ0v) is 42.1. The number of hydrogen-bond acceptors (Lipinski definition) is 10. The first kappa shape index (κ1) is 51.0. The van der Waals surface area contributed by atoms with E-state index >= 15 is 4.39 Å². The van der Waals surface area contributed by atoms with E-state index in [0.717, 1.165) is 30.6 Å². The summed E-state index contributed by atoms with van der Waals surface area (Å²) in [7, 11) is -2.70. The maximum absolute atomic E-state index is 16.9. The lowest BCUT2D eigenvalue weighted by Crippen LogP contribution is -2.60. The monoisotopic (exact) mass is 1020 g/mol. The Balaban J connectivity index is 0.958. The van der Waals surface area contributed by atoms with Crippen LogP contribution < -0.4 is 14.9 Å². The number of esters is 1. The van der Waals surface area contributed by atoms with E-state index in [1.54, 1.807) is 35.2 Å². The van der Waals surface area contributed by atoms with Crippen molar-refractivity contribution < 1.29 is 55.3 Å². The number of amides is 3. The summed E-state index contributed by atoms with van der Waals surface area (Å²) in [6.07, 6.45) is 0.166. The molecule has 5 fully saturated rings. The number of para-hydroxylation sites is 1. The Morgan fingerprint density at radius 3 is 2.31 bits per heavy atom. The number of hydrogen-bond donors (Lipinski definition) is 2. The largest absolute Gasteiger partial charge is 0.522 e. The third kappa shape index (κ3) is 10.9. The molecule has 5 aliphatic rings. The predicted octanol–water partition coefficient (Wildman–Crippen LogP) is 10.0. The Bertz CT molecular complexity index is 2650. The van der Waals surface area contributed by atoms with Gasteiger partial charge in [0.25, 0.3) is 5.91 Å². The normalized spacial score (nSPS) is 26.5. The Hall–Kier alpha value is -4.87. The molecule has 4 heterocycles. The molecule has 2 aliphatic carbocycles. The molecule has 9 rings (SSSR count). The number of rotatable bonds is 16. The number of likely N-dealkylation sites (tertiary alicyclic amines) is 1. The fourth-order valence-corrected chi connectivity index (χ4v) is 14.2. The summed E-state index contributed by atoms with van der Waals surface area (Å²) >= 11 is 1.13. The highest BCUT2D eigenvalue weighted by molar-refractivity contribution is 7.57. The minimum absolute atomic E-state index is 0.0308.